The van der Waals surface area contributed by atoms with Crippen LogP contribution in [0.2, 0.25) is 0 Å². The molecule has 0 heterocycles. The summed E-state index contributed by atoms with van der Waals surface area (Å²) in [5.74, 6) is -2.61. The van der Waals surface area contributed by atoms with Crippen LogP contribution in [0.4, 0.5) is 0 Å². The molecule has 0 rings (SSSR count). The molecule has 7 nitrogen and oxygen atoms in total. The second kappa shape index (κ2) is 9.68. The van der Waals surface area contributed by atoms with Gasteiger partial charge in [0.05, 0.1) is 12.3 Å². The van der Waals surface area contributed by atoms with Gasteiger partial charge in [-0.2, -0.15) is 11.8 Å². The third-order valence-corrected chi connectivity index (χ3v) is 5.33. The van der Waals surface area contributed by atoms with Crippen molar-refractivity contribution in [2.75, 3.05) is 19.3 Å². The molecule has 0 aliphatic carbocycles. The van der Waals surface area contributed by atoms with Crippen LogP contribution in [0.1, 0.15) is 33.6 Å². The Hall–Kier alpha value is -1.28. The molecular weight excluding hydrogens is 306 g/mol. The summed E-state index contributed by atoms with van der Waals surface area (Å²) in [6, 6.07) is -0.855. The number of carboxylic acid groups (broad SMARTS) is 1. The first-order chi connectivity index (χ1) is 10.2. The van der Waals surface area contributed by atoms with Gasteiger partial charge < -0.3 is 21.5 Å². The van der Waals surface area contributed by atoms with E-state index in [4.69, 9.17) is 10.8 Å². The predicted molar refractivity (Wildman–Crippen MR) is 87.6 cm³/mol. The summed E-state index contributed by atoms with van der Waals surface area (Å²) in [7, 11) is 0. The van der Waals surface area contributed by atoms with Crippen molar-refractivity contribution in [1.82, 2.24) is 10.6 Å². The Labute approximate surface area is 135 Å². The van der Waals surface area contributed by atoms with Gasteiger partial charge in [-0.15, -0.1) is 0 Å². The molecule has 0 aromatic heterocycles. The quantitative estimate of drug-likeness (QED) is 0.453. The lowest BCUT2D eigenvalue weighted by molar-refractivity contribution is -0.142. The van der Waals surface area contributed by atoms with Gasteiger partial charge in [-0.25, -0.2) is 0 Å². The van der Waals surface area contributed by atoms with E-state index in [0.717, 1.165) is 0 Å². The van der Waals surface area contributed by atoms with E-state index in [1.54, 1.807) is 6.92 Å². The van der Waals surface area contributed by atoms with Crippen molar-refractivity contribution in [3.63, 3.8) is 0 Å². The van der Waals surface area contributed by atoms with Gasteiger partial charge in [0.2, 0.25) is 11.8 Å². The summed E-state index contributed by atoms with van der Waals surface area (Å²) in [6.07, 6.45) is 2.19. The Kier molecular flexibility index (Phi) is 9.12. The summed E-state index contributed by atoms with van der Waals surface area (Å²) in [5.41, 5.74) is 5.53. The number of carboxylic acids is 1. The molecule has 5 N–H and O–H groups in total. The fourth-order valence-corrected chi connectivity index (χ4v) is 2.86. The smallest absolute Gasteiger partial charge is 0.304 e. The van der Waals surface area contributed by atoms with Crippen LogP contribution in [0.3, 0.4) is 0 Å². The maximum absolute atomic E-state index is 12.5. The molecular formula is C14H27N3O4S. The molecule has 0 fully saturated rings. The highest BCUT2D eigenvalue weighted by Gasteiger charge is 2.39. The summed E-state index contributed by atoms with van der Waals surface area (Å²) in [4.78, 5) is 35.4. The standard InChI is InChI=1S/C14H27N3O4S/c1-5-14(3,22-4)9(7-11(18)19)12(20)17-10(8-15)13(21)16-6-2/h9-10H,5-8,15H2,1-4H3,(H,16,21)(H,17,20)(H,18,19). The molecule has 22 heavy (non-hydrogen) atoms. The second-order valence-electron chi connectivity index (χ2n) is 5.21. The maximum atomic E-state index is 12.5. The van der Waals surface area contributed by atoms with E-state index < -0.39 is 28.6 Å². The number of nitrogens with two attached hydrogens (primary N) is 1. The van der Waals surface area contributed by atoms with Crippen LogP contribution in [-0.4, -0.2) is 53.0 Å². The molecule has 0 saturated heterocycles. The zero-order chi connectivity index (χ0) is 17.3. The normalized spacial score (nSPS) is 16.2. The van der Waals surface area contributed by atoms with E-state index in [0.29, 0.717) is 13.0 Å². The maximum Gasteiger partial charge on any atom is 0.304 e. The zero-order valence-electron chi connectivity index (χ0n) is 13.6. The number of thioether (sulfide) groups is 1. The summed E-state index contributed by atoms with van der Waals surface area (Å²) < 4.78 is -0.525. The topological polar surface area (TPSA) is 122 Å². The molecule has 0 aliphatic heterocycles. The second-order valence-corrected chi connectivity index (χ2v) is 6.55. The van der Waals surface area contributed by atoms with E-state index in [-0.39, 0.29) is 18.9 Å². The Morgan fingerprint density at radius 1 is 1.27 bits per heavy atom. The highest BCUT2D eigenvalue weighted by molar-refractivity contribution is 8.00. The summed E-state index contributed by atoms with van der Waals surface area (Å²) in [6.45, 7) is 5.92. The Morgan fingerprint density at radius 2 is 1.86 bits per heavy atom. The molecule has 0 spiro atoms. The van der Waals surface area contributed by atoms with Crippen molar-refractivity contribution in [3.05, 3.63) is 0 Å². The lowest BCUT2D eigenvalue weighted by Crippen LogP contribution is -2.54. The number of hydrogen-bond donors (Lipinski definition) is 4. The first-order valence-corrected chi connectivity index (χ1v) is 8.53. The minimum absolute atomic E-state index is 0.0422. The van der Waals surface area contributed by atoms with Gasteiger partial charge in [0.15, 0.2) is 0 Å². The number of likely N-dealkylation sites (N-methyl/N-ethyl adjacent to an activating group) is 1. The number of carbonyl (C=O) groups is 3. The predicted octanol–water partition coefficient (Wildman–Crippen LogP) is 0.189. The number of amides is 2. The Bertz CT molecular complexity index is 400. The van der Waals surface area contributed by atoms with Crippen LogP contribution >= 0.6 is 11.8 Å². The average molecular weight is 333 g/mol. The fourth-order valence-electron chi connectivity index (χ4n) is 2.09. The van der Waals surface area contributed by atoms with E-state index in [9.17, 15) is 14.4 Å². The number of aliphatic carboxylic acids is 1. The first kappa shape index (κ1) is 20.7. The molecule has 0 aromatic carbocycles. The Morgan fingerprint density at radius 3 is 2.23 bits per heavy atom. The molecule has 128 valence electrons. The number of carbonyl (C=O) groups excluding carboxylic acids is 2. The number of hydrogen-bond acceptors (Lipinski definition) is 5. The fraction of sp³-hybridized carbons (Fsp3) is 0.786. The molecule has 0 bridgehead atoms. The van der Waals surface area contributed by atoms with Gasteiger partial charge >= 0.3 is 5.97 Å². The van der Waals surface area contributed by atoms with E-state index in [2.05, 4.69) is 10.6 Å². The zero-order valence-corrected chi connectivity index (χ0v) is 14.5. The molecule has 3 atom stereocenters. The van der Waals surface area contributed by atoms with Crippen LogP contribution in [0, 0.1) is 5.92 Å². The highest BCUT2D eigenvalue weighted by Crippen LogP contribution is 2.36. The van der Waals surface area contributed by atoms with Gasteiger partial charge in [0.25, 0.3) is 0 Å². The summed E-state index contributed by atoms with van der Waals surface area (Å²) >= 11 is 1.45. The highest BCUT2D eigenvalue weighted by atomic mass is 32.2. The van der Waals surface area contributed by atoms with Crippen molar-refractivity contribution in [2.24, 2.45) is 11.7 Å². The molecule has 2 amide bonds. The monoisotopic (exact) mass is 333 g/mol. The Balaban J connectivity index is 5.19. The van der Waals surface area contributed by atoms with Gasteiger partial charge in [-0.3, -0.25) is 14.4 Å². The number of nitrogens with one attached hydrogen (secondary N) is 2. The average Bonchev–Trinajstić information content (AvgIpc) is 2.49. The minimum Gasteiger partial charge on any atom is -0.481 e. The third-order valence-electron chi connectivity index (χ3n) is 3.82. The van der Waals surface area contributed by atoms with Crippen LogP contribution in [0.5, 0.6) is 0 Å². The van der Waals surface area contributed by atoms with Crippen LogP contribution in [0.15, 0.2) is 0 Å². The van der Waals surface area contributed by atoms with E-state index in [1.165, 1.54) is 11.8 Å². The first-order valence-electron chi connectivity index (χ1n) is 7.30. The van der Waals surface area contributed by atoms with Crippen molar-refractivity contribution in [2.45, 2.75) is 44.4 Å². The third kappa shape index (κ3) is 5.84. The molecule has 3 unspecified atom stereocenters. The molecule has 0 aromatic rings. The van der Waals surface area contributed by atoms with Gasteiger partial charge in [-0.1, -0.05) is 6.92 Å². The SMILES string of the molecule is CCNC(=O)C(CN)NC(=O)C(CC(=O)O)C(C)(CC)SC. The van der Waals surface area contributed by atoms with Crippen molar-refractivity contribution >= 4 is 29.5 Å². The van der Waals surface area contributed by atoms with Crippen LogP contribution in [-0.2, 0) is 14.4 Å². The lowest BCUT2D eigenvalue weighted by atomic mass is 9.86. The van der Waals surface area contributed by atoms with Crippen molar-refractivity contribution < 1.29 is 19.5 Å². The van der Waals surface area contributed by atoms with Gasteiger partial charge in [0, 0.05) is 17.8 Å². The van der Waals surface area contributed by atoms with E-state index in [1.807, 2.05) is 20.1 Å². The van der Waals surface area contributed by atoms with E-state index >= 15 is 0 Å². The van der Waals surface area contributed by atoms with Crippen LogP contribution in [0.25, 0.3) is 0 Å². The van der Waals surface area contributed by atoms with Gasteiger partial charge in [0.1, 0.15) is 6.04 Å². The minimum atomic E-state index is -1.05. The van der Waals surface area contributed by atoms with Crippen molar-refractivity contribution in [1.29, 1.82) is 0 Å². The van der Waals surface area contributed by atoms with Crippen molar-refractivity contribution in [3.8, 4) is 0 Å². The van der Waals surface area contributed by atoms with Crippen LogP contribution < -0.4 is 16.4 Å². The molecule has 0 saturated carbocycles. The molecule has 0 aliphatic rings. The summed E-state index contributed by atoms with van der Waals surface area (Å²) in [5, 5.41) is 14.3. The largest absolute Gasteiger partial charge is 0.481 e. The van der Waals surface area contributed by atoms with Gasteiger partial charge in [-0.05, 0) is 26.5 Å². The number of rotatable bonds is 10. The molecule has 8 heteroatoms. The molecule has 0 radical (unpaired) electrons. The lowest BCUT2D eigenvalue weighted by Gasteiger charge is -2.34.